The molecule has 24 heavy (non-hydrogen) atoms. The summed E-state index contributed by atoms with van der Waals surface area (Å²) in [6, 6.07) is 15.4. The molecule has 0 atom stereocenters. The third-order valence-electron chi connectivity index (χ3n) is 4.14. The summed E-state index contributed by atoms with van der Waals surface area (Å²) in [6.45, 7) is 1.08. The highest BCUT2D eigenvalue weighted by Crippen LogP contribution is 2.28. The molecule has 2 aromatic rings. The Kier molecular flexibility index (Phi) is 4.36. The fourth-order valence-electron chi connectivity index (χ4n) is 2.92. The number of carbonyl (C=O) groups is 2. The molecule has 0 radical (unpaired) electrons. The van der Waals surface area contributed by atoms with Crippen molar-refractivity contribution in [2.45, 2.75) is 6.54 Å². The molecule has 0 saturated heterocycles. The van der Waals surface area contributed by atoms with Crippen molar-refractivity contribution in [1.29, 1.82) is 0 Å². The number of fused-ring (bicyclic) bond motifs is 1. The first-order valence-corrected chi connectivity index (χ1v) is 7.87. The first-order valence-electron chi connectivity index (χ1n) is 7.87. The van der Waals surface area contributed by atoms with E-state index in [0.717, 1.165) is 11.3 Å². The van der Waals surface area contributed by atoms with Crippen molar-refractivity contribution in [3.8, 4) is 0 Å². The lowest BCUT2D eigenvalue weighted by Crippen LogP contribution is -2.38. The number of benzene rings is 2. The quantitative estimate of drug-likeness (QED) is 0.793. The predicted molar refractivity (Wildman–Crippen MR) is 95.4 cm³/mol. The van der Waals surface area contributed by atoms with Crippen LogP contribution in [0.5, 0.6) is 0 Å². The van der Waals surface area contributed by atoms with Crippen LogP contribution >= 0.6 is 0 Å². The molecule has 124 valence electrons. The lowest BCUT2D eigenvalue weighted by atomic mass is 10.1. The molecule has 0 saturated carbocycles. The van der Waals surface area contributed by atoms with Crippen LogP contribution in [-0.4, -0.2) is 44.4 Å². The zero-order chi connectivity index (χ0) is 17.3. The van der Waals surface area contributed by atoms with E-state index < -0.39 is 11.7 Å². The van der Waals surface area contributed by atoms with Gasteiger partial charge < -0.3 is 4.90 Å². The number of carbonyl (C=O) groups excluding carboxylic acids is 2. The van der Waals surface area contributed by atoms with E-state index in [2.05, 4.69) is 23.1 Å². The lowest BCUT2D eigenvalue weighted by molar-refractivity contribution is -0.114. The van der Waals surface area contributed by atoms with Gasteiger partial charge in [-0.1, -0.05) is 24.3 Å². The molecule has 1 amide bonds. The van der Waals surface area contributed by atoms with Gasteiger partial charge in [0.05, 0.1) is 17.9 Å². The Balaban J connectivity index is 1.74. The van der Waals surface area contributed by atoms with Crippen molar-refractivity contribution in [3.05, 3.63) is 59.7 Å². The average molecular weight is 323 g/mol. The second kappa shape index (κ2) is 6.45. The predicted octanol–water partition coefficient (Wildman–Crippen LogP) is 2.37. The SMILES string of the molecule is CN(Cc1cccc(N(C)C)c1)CN1C(=O)C(=O)c2ccccc21. The van der Waals surface area contributed by atoms with E-state index >= 15 is 0 Å². The van der Waals surface area contributed by atoms with Crippen LogP contribution in [-0.2, 0) is 11.3 Å². The Morgan fingerprint density at radius 3 is 2.46 bits per heavy atom. The molecule has 3 rings (SSSR count). The van der Waals surface area contributed by atoms with E-state index in [0.29, 0.717) is 24.5 Å². The molecule has 0 N–H and O–H groups in total. The number of Topliss-reactive ketones (excluding diaryl/α,β-unsaturated/α-hetero) is 1. The smallest absolute Gasteiger partial charge is 0.300 e. The van der Waals surface area contributed by atoms with Gasteiger partial charge in [0.1, 0.15) is 0 Å². The third-order valence-corrected chi connectivity index (χ3v) is 4.14. The highest BCUT2D eigenvalue weighted by Gasteiger charge is 2.35. The Hall–Kier alpha value is -2.66. The average Bonchev–Trinajstić information content (AvgIpc) is 2.80. The molecule has 0 spiro atoms. The van der Waals surface area contributed by atoms with E-state index in [4.69, 9.17) is 0 Å². The van der Waals surface area contributed by atoms with E-state index in [-0.39, 0.29) is 0 Å². The van der Waals surface area contributed by atoms with Gasteiger partial charge in [0.25, 0.3) is 5.78 Å². The molecule has 1 heterocycles. The van der Waals surface area contributed by atoms with Crippen LogP contribution in [0, 0.1) is 0 Å². The second-order valence-electron chi connectivity index (χ2n) is 6.30. The molecule has 0 fully saturated rings. The molecule has 0 aromatic heterocycles. The van der Waals surface area contributed by atoms with Crippen LogP contribution in [0.1, 0.15) is 15.9 Å². The van der Waals surface area contributed by atoms with Gasteiger partial charge in [0.15, 0.2) is 0 Å². The number of nitrogens with zero attached hydrogens (tertiary/aromatic N) is 3. The maximum Gasteiger partial charge on any atom is 0.300 e. The van der Waals surface area contributed by atoms with Crippen molar-refractivity contribution in [2.24, 2.45) is 0 Å². The van der Waals surface area contributed by atoms with Crippen LogP contribution in [0.4, 0.5) is 11.4 Å². The summed E-state index contributed by atoms with van der Waals surface area (Å²) in [5.41, 5.74) is 3.49. The van der Waals surface area contributed by atoms with Crippen LogP contribution in [0.25, 0.3) is 0 Å². The number of anilines is 2. The van der Waals surface area contributed by atoms with Gasteiger partial charge in [0.2, 0.25) is 0 Å². The number of para-hydroxylation sites is 1. The largest absolute Gasteiger partial charge is 0.378 e. The Bertz CT molecular complexity index is 786. The van der Waals surface area contributed by atoms with Gasteiger partial charge in [-0.2, -0.15) is 0 Å². The molecule has 5 heteroatoms. The fraction of sp³-hybridized carbons (Fsp3) is 0.263. The summed E-state index contributed by atoms with van der Waals surface area (Å²) in [7, 11) is 5.96. The molecular weight excluding hydrogens is 302 g/mol. The van der Waals surface area contributed by atoms with Crippen LogP contribution < -0.4 is 9.80 Å². The maximum absolute atomic E-state index is 12.2. The molecule has 1 aliphatic rings. The summed E-state index contributed by atoms with van der Waals surface area (Å²) < 4.78 is 0. The second-order valence-corrected chi connectivity index (χ2v) is 6.30. The Morgan fingerprint density at radius 2 is 1.71 bits per heavy atom. The summed E-state index contributed by atoms with van der Waals surface area (Å²) in [5.74, 6) is -0.876. The molecule has 0 bridgehead atoms. The van der Waals surface area contributed by atoms with Crippen LogP contribution in [0.2, 0.25) is 0 Å². The summed E-state index contributed by atoms with van der Waals surface area (Å²) >= 11 is 0. The normalized spacial score (nSPS) is 13.6. The topological polar surface area (TPSA) is 43.9 Å². The van der Waals surface area contributed by atoms with Gasteiger partial charge >= 0.3 is 5.91 Å². The van der Waals surface area contributed by atoms with Gasteiger partial charge in [-0.25, -0.2) is 0 Å². The monoisotopic (exact) mass is 323 g/mol. The van der Waals surface area contributed by atoms with Gasteiger partial charge in [0, 0.05) is 26.3 Å². The Labute approximate surface area is 142 Å². The Morgan fingerprint density at radius 1 is 0.958 bits per heavy atom. The van der Waals surface area contributed by atoms with Crippen molar-refractivity contribution < 1.29 is 9.59 Å². The highest BCUT2D eigenvalue weighted by atomic mass is 16.2. The van der Waals surface area contributed by atoms with Gasteiger partial charge in [-0.05, 0) is 36.9 Å². The summed E-state index contributed by atoms with van der Waals surface area (Å²) in [4.78, 5) is 29.9. The molecular formula is C19H21N3O2. The minimum Gasteiger partial charge on any atom is -0.378 e. The van der Waals surface area contributed by atoms with E-state index in [1.54, 1.807) is 17.0 Å². The third kappa shape index (κ3) is 3.03. The molecule has 0 aliphatic carbocycles. The van der Waals surface area contributed by atoms with Crippen LogP contribution in [0.15, 0.2) is 48.5 Å². The van der Waals surface area contributed by atoms with E-state index in [1.807, 2.05) is 44.2 Å². The molecule has 2 aromatic carbocycles. The first-order chi connectivity index (χ1) is 11.5. The van der Waals surface area contributed by atoms with Gasteiger partial charge in [-0.15, -0.1) is 0 Å². The molecule has 1 aliphatic heterocycles. The minimum atomic E-state index is -0.454. The number of hydrogen-bond donors (Lipinski definition) is 0. The van der Waals surface area contributed by atoms with E-state index in [1.165, 1.54) is 0 Å². The number of ketones is 1. The molecule has 0 unspecified atom stereocenters. The first kappa shape index (κ1) is 16.2. The van der Waals surface area contributed by atoms with E-state index in [9.17, 15) is 9.59 Å². The summed E-state index contributed by atoms with van der Waals surface area (Å²) in [6.07, 6.45) is 0. The van der Waals surface area contributed by atoms with Crippen molar-refractivity contribution in [1.82, 2.24) is 4.90 Å². The molecule has 5 nitrogen and oxygen atoms in total. The minimum absolute atomic E-state index is 0.383. The fourth-order valence-corrected chi connectivity index (χ4v) is 2.92. The standard InChI is InChI=1S/C19H21N3O2/c1-20(2)15-8-6-7-14(11-15)12-21(3)13-22-17-10-5-4-9-16(17)18(23)19(22)24/h4-11H,12-13H2,1-3H3. The maximum atomic E-state index is 12.2. The zero-order valence-electron chi connectivity index (χ0n) is 14.2. The zero-order valence-corrected chi connectivity index (χ0v) is 14.2. The summed E-state index contributed by atoms with van der Waals surface area (Å²) in [5, 5.41) is 0. The van der Waals surface area contributed by atoms with Crippen molar-refractivity contribution >= 4 is 23.1 Å². The van der Waals surface area contributed by atoms with Crippen molar-refractivity contribution in [2.75, 3.05) is 37.6 Å². The number of rotatable bonds is 5. The number of amides is 1. The highest BCUT2D eigenvalue weighted by molar-refractivity contribution is 6.52. The lowest BCUT2D eigenvalue weighted by Gasteiger charge is -2.25. The number of hydrogen-bond acceptors (Lipinski definition) is 4. The van der Waals surface area contributed by atoms with Gasteiger partial charge in [-0.3, -0.25) is 19.4 Å². The van der Waals surface area contributed by atoms with Crippen LogP contribution in [0.3, 0.4) is 0 Å². The van der Waals surface area contributed by atoms with Crippen molar-refractivity contribution in [3.63, 3.8) is 0 Å².